The molecule has 0 atom stereocenters. The SMILES string of the molecule is CCc1ccc(N2C(=O)/C(=C/c3cc(Br)c(OCc4ccccc4C#N)c(OC)c3)C(=O)NC2=S)cc1. The predicted molar refractivity (Wildman–Crippen MR) is 148 cm³/mol. The van der Waals surface area contributed by atoms with Gasteiger partial charge in [0.15, 0.2) is 16.6 Å². The smallest absolute Gasteiger partial charge is 0.270 e. The van der Waals surface area contributed by atoms with E-state index in [9.17, 15) is 14.9 Å². The molecular formula is C28H22BrN3O4S. The minimum Gasteiger partial charge on any atom is -0.493 e. The molecule has 0 bridgehead atoms. The fraction of sp³-hybridized carbons (Fsp3) is 0.143. The van der Waals surface area contributed by atoms with E-state index < -0.39 is 11.8 Å². The zero-order valence-corrected chi connectivity index (χ0v) is 22.5. The monoisotopic (exact) mass is 575 g/mol. The van der Waals surface area contributed by atoms with E-state index in [4.69, 9.17) is 21.7 Å². The van der Waals surface area contributed by atoms with Crippen molar-refractivity contribution in [3.8, 4) is 17.6 Å². The highest BCUT2D eigenvalue weighted by Gasteiger charge is 2.34. The topological polar surface area (TPSA) is 91.7 Å². The van der Waals surface area contributed by atoms with Crippen LogP contribution in [0.5, 0.6) is 11.5 Å². The molecule has 1 aliphatic rings. The molecule has 2 amide bonds. The molecule has 4 rings (SSSR count). The second kappa shape index (κ2) is 11.4. The van der Waals surface area contributed by atoms with Crippen molar-refractivity contribution in [3.63, 3.8) is 0 Å². The third kappa shape index (κ3) is 5.56. The van der Waals surface area contributed by atoms with Crippen LogP contribution in [0.4, 0.5) is 5.69 Å². The largest absolute Gasteiger partial charge is 0.493 e. The highest BCUT2D eigenvalue weighted by Crippen LogP contribution is 2.38. The van der Waals surface area contributed by atoms with Gasteiger partial charge < -0.3 is 9.47 Å². The van der Waals surface area contributed by atoms with Crippen LogP contribution in [0.1, 0.15) is 29.2 Å². The summed E-state index contributed by atoms with van der Waals surface area (Å²) in [7, 11) is 1.49. The maximum absolute atomic E-state index is 13.3. The van der Waals surface area contributed by atoms with Gasteiger partial charge in [0.2, 0.25) is 0 Å². The van der Waals surface area contributed by atoms with Gasteiger partial charge in [0.05, 0.1) is 28.9 Å². The number of benzene rings is 3. The van der Waals surface area contributed by atoms with Crippen LogP contribution in [-0.4, -0.2) is 24.0 Å². The number of methoxy groups -OCH3 is 1. The number of amides is 2. The Morgan fingerprint density at radius 3 is 2.54 bits per heavy atom. The number of thiocarbonyl (C=S) groups is 1. The number of rotatable bonds is 7. The number of ether oxygens (including phenoxy) is 2. The summed E-state index contributed by atoms with van der Waals surface area (Å²) in [5.41, 5.74) is 3.41. The molecule has 1 aliphatic heterocycles. The van der Waals surface area contributed by atoms with Gasteiger partial charge in [-0.25, -0.2) is 0 Å². The molecule has 1 N–H and O–H groups in total. The highest BCUT2D eigenvalue weighted by atomic mass is 79.9. The molecule has 3 aromatic carbocycles. The molecule has 0 saturated carbocycles. The van der Waals surface area contributed by atoms with E-state index in [1.165, 1.54) is 18.1 Å². The van der Waals surface area contributed by atoms with Crippen LogP contribution in [0.2, 0.25) is 0 Å². The van der Waals surface area contributed by atoms with Crippen molar-refractivity contribution in [3.05, 3.63) is 93.0 Å². The Morgan fingerprint density at radius 1 is 1.14 bits per heavy atom. The Balaban J connectivity index is 1.64. The standard InChI is InChI=1S/C28H22BrN3O4S/c1-3-17-8-10-21(11-9-17)32-27(34)22(26(33)31-28(32)37)12-18-13-23(29)25(24(14-18)35-2)36-16-20-7-5-4-6-19(20)15-30/h4-14H,3,16H2,1-2H3,(H,31,33,37)/b22-12+. The van der Waals surface area contributed by atoms with Crippen molar-refractivity contribution in [2.75, 3.05) is 12.0 Å². The minimum absolute atomic E-state index is 0.0246. The maximum atomic E-state index is 13.3. The summed E-state index contributed by atoms with van der Waals surface area (Å²) in [6, 6.07) is 20.1. The number of nitriles is 1. The summed E-state index contributed by atoms with van der Waals surface area (Å²) >= 11 is 8.79. The van der Waals surface area contributed by atoms with Crippen molar-refractivity contribution < 1.29 is 19.1 Å². The van der Waals surface area contributed by atoms with Crippen molar-refractivity contribution in [1.82, 2.24) is 5.32 Å². The predicted octanol–water partition coefficient (Wildman–Crippen LogP) is 5.30. The molecule has 0 aromatic heterocycles. The molecule has 0 aliphatic carbocycles. The summed E-state index contributed by atoms with van der Waals surface area (Å²) in [6.45, 7) is 2.20. The van der Waals surface area contributed by atoms with E-state index in [0.717, 1.165) is 17.5 Å². The maximum Gasteiger partial charge on any atom is 0.270 e. The third-order valence-corrected chi connectivity index (χ3v) is 6.65. The Bertz CT molecular complexity index is 1460. The molecule has 3 aromatic rings. The van der Waals surface area contributed by atoms with Crippen LogP contribution >= 0.6 is 28.1 Å². The lowest BCUT2D eigenvalue weighted by Crippen LogP contribution is -2.54. The van der Waals surface area contributed by atoms with Crippen molar-refractivity contribution in [2.45, 2.75) is 20.0 Å². The van der Waals surface area contributed by atoms with Gasteiger partial charge in [-0.15, -0.1) is 0 Å². The normalized spacial score (nSPS) is 14.4. The van der Waals surface area contributed by atoms with Gasteiger partial charge in [-0.05, 0) is 82.1 Å². The van der Waals surface area contributed by atoms with Gasteiger partial charge in [0, 0.05) is 5.56 Å². The summed E-state index contributed by atoms with van der Waals surface area (Å²) in [5, 5.41) is 11.9. The van der Waals surface area contributed by atoms with Crippen molar-refractivity contribution >= 4 is 56.8 Å². The lowest BCUT2D eigenvalue weighted by Gasteiger charge is -2.29. The second-order valence-electron chi connectivity index (χ2n) is 8.07. The van der Waals surface area contributed by atoms with Crippen molar-refractivity contribution in [2.24, 2.45) is 0 Å². The molecule has 7 nitrogen and oxygen atoms in total. The molecule has 1 heterocycles. The first-order valence-electron chi connectivity index (χ1n) is 11.3. The Morgan fingerprint density at radius 2 is 1.86 bits per heavy atom. The quantitative estimate of drug-likeness (QED) is 0.233. The molecule has 0 unspecified atom stereocenters. The summed E-state index contributed by atoms with van der Waals surface area (Å²) < 4.78 is 12.0. The molecular weight excluding hydrogens is 554 g/mol. The van der Waals surface area contributed by atoms with Gasteiger partial charge in [-0.2, -0.15) is 5.26 Å². The van der Waals surface area contributed by atoms with Gasteiger partial charge >= 0.3 is 0 Å². The van der Waals surface area contributed by atoms with Gasteiger partial charge in [-0.1, -0.05) is 37.3 Å². The number of anilines is 1. The van der Waals surface area contributed by atoms with Crippen LogP contribution < -0.4 is 19.7 Å². The zero-order valence-electron chi connectivity index (χ0n) is 20.1. The molecule has 37 heavy (non-hydrogen) atoms. The highest BCUT2D eigenvalue weighted by molar-refractivity contribution is 9.10. The average molecular weight is 576 g/mol. The number of hydrogen-bond acceptors (Lipinski definition) is 6. The summed E-state index contributed by atoms with van der Waals surface area (Å²) in [5.74, 6) is -0.293. The number of carbonyl (C=O) groups excluding carboxylic acids is 2. The van der Waals surface area contributed by atoms with E-state index in [-0.39, 0.29) is 17.3 Å². The van der Waals surface area contributed by atoms with Crippen LogP contribution in [0, 0.1) is 11.3 Å². The van der Waals surface area contributed by atoms with E-state index in [2.05, 4.69) is 27.3 Å². The van der Waals surface area contributed by atoms with E-state index >= 15 is 0 Å². The van der Waals surface area contributed by atoms with Gasteiger partial charge in [0.25, 0.3) is 11.8 Å². The van der Waals surface area contributed by atoms with E-state index in [1.54, 1.807) is 36.4 Å². The summed E-state index contributed by atoms with van der Waals surface area (Å²) in [6.07, 6.45) is 2.34. The molecule has 9 heteroatoms. The third-order valence-electron chi connectivity index (χ3n) is 5.78. The van der Waals surface area contributed by atoms with E-state index in [1.807, 2.05) is 31.2 Å². The number of nitrogens with zero attached hydrogens (tertiary/aromatic N) is 2. The minimum atomic E-state index is -0.583. The number of halogens is 1. The fourth-order valence-corrected chi connectivity index (χ4v) is 4.66. The Hall–Kier alpha value is -4.00. The first-order valence-corrected chi connectivity index (χ1v) is 12.5. The molecule has 0 radical (unpaired) electrons. The van der Waals surface area contributed by atoms with Gasteiger partial charge in [0.1, 0.15) is 12.2 Å². The number of nitrogens with one attached hydrogen (secondary N) is 1. The fourth-order valence-electron chi connectivity index (χ4n) is 3.81. The van der Waals surface area contributed by atoms with Crippen LogP contribution in [-0.2, 0) is 22.6 Å². The summed E-state index contributed by atoms with van der Waals surface area (Å²) in [4.78, 5) is 27.4. The van der Waals surface area contributed by atoms with E-state index in [0.29, 0.717) is 32.8 Å². The van der Waals surface area contributed by atoms with Crippen LogP contribution in [0.3, 0.4) is 0 Å². The molecule has 1 saturated heterocycles. The van der Waals surface area contributed by atoms with Crippen LogP contribution in [0.25, 0.3) is 6.08 Å². The number of carbonyl (C=O) groups is 2. The number of hydrogen-bond donors (Lipinski definition) is 1. The molecule has 1 fully saturated rings. The number of aryl methyl sites for hydroxylation is 1. The molecule has 186 valence electrons. The average Bonchev–Trinajstić information content (AvgIpc) is 2.90. The first-order chi connectivity index (χ1) is 17.9. The lowest BCUT2D eigenvalue weighted by molar-refractivity contribution is -0.122. The lowest BCUT2D eigenvalue weighted by atomic mass is 10.1. The van der Waals surface area contributed by atoms with Gasteiger partial charge in [-0.3, -0.25) is 19.8 Å². The first kappa shape index (κ1) is 26.1. The Kier molecular flexibility index (Phi) is 8.01. The molecule has 0 spiro atoms. The second-order valence-corrected chi connectivity index (χ2v) is 9.31. The Labute approximate surface area is 228 Å². The van der Waals surface area contributed by atoms with Crippen molar-refractivity contribution in [1.29, 1.82) is 5.26 Å². The zero-order chi connectivity index (χ0) is 26.5. The van der Waals surface area contributed by atoms with Crippen LogP contribution in [0.15, 0.2) is 70.7 Å².